The molecule has 0 spiro atoms. The molecule has 0 aromatic heterocycles. The summed E-state index contributed by atoms with van der Waals surface area (Å²) < 4.78 is 11.0. The first-order valence-corrected chi connectivity index (χ1v) is 7.30. The van der Waals surface area contributed by atoms with E-state index in [0.717, 1.165) is 45.8 Å². The standard InChI is InChI=1S/C14H29N3O2/c1-14(2,17-7-5-15-6-8-17)11-16-9-12(18-3)13(10-16)19-4/h12-13,15H,5-11H2,1-4H3. The van der Waals surface area contributed by atoms with Crippen LogP contribution in [0.1, 0.15) is 13.8 Å². The molecule has 5 heteroatoms. The second-order valence-electron chi connectivity index (χ2n) is 6.29. The Hall–Kier alpha value is -0.200. The average molecular weight is 271 g/mol. The van der Waals surface area contributed by atoms with Gasteiger partial charge in [0.25, 0.3) is 0 Å². The third kappa shape index (κ3) is 3.67. The van der Waals surface area contributed by atoms with E-state index >= 15 is 0 Å². The van der Waals surface area contributed by atoms with Crippen molar-refractivity contribution in [1.82, 2.24) is 15.1 Å². The maximum absolute atomic E-state index is 5.51. The van der Waals surface area contributed by atoms with Crippen molar-refractivity contribution in [3.63, 3.8) is 0 Å². The van der Waals surface area contributed by atoms with E-state index in [9.17, 15) is 0 Å². The normalized spacial score (nSPS) is 30.9. The van der Waals surface area contributed by atoms with Crippen LogP contribution in [-0.2, 0) is 9.47 Å². The van der Waals surface area contributed by atoms with Crippen molar-refractivity contribution in [3.05, 3.63) is 0 Å². The maximum atomic E-state index is 5.51. The van der Waals surface area contributed by atoms with Crippen LogP contribution in [0, 0.1) is 0 Å². The molecule has 0 aliphatic carbocycles. The zero-order valence-corrected chi connectivity index (χ0v) is 12.8. The molecule has 2 heterocycles. The van der Waals surface area contributed by atoms with E-state index in [1.807, 2.05) is 0 Å². The topological polar surface area (TPSA) is 37.0 Å². The van der Waals surface area contributed by atoms with E-state index in [4.69, 9.17) is 9.47 Å². The lowest BCUT2D eigenvalue weighted by molar-refractivity contribution is -0.00461. The SMILES string of the molecule is COC1CN(CC(C)(C)N2CCNCC2)CC1OC. The number of hydrogen-bond acceptors (Lipinski definition) is 5. The first-order valence-electron chi connectivity index (χ1n) is 7.30. The molecule has 0 bridgehead atoms. The zero-order chi connectivity index (χ0) is 13.9. The van der Waals surface area contributed by atoms with Gasteiger partial charge < -0.3 is 14.8 Å². The minimum absolute atomic E-state index is 0.211. The molecule has 2 saturated heterocycles. The molecule has 0 aromatic rings. The Balaban J connectivity index is 1.89. The molecule has 112 valence electrons. The Kier molecular flexibility index (Phi) is 5.20. The highest BCUT2D eigenvalue weighted by atomic mass is 16.5. The lowest BCUT2D eigenvalue weighted by atomic mass is 10.0. The third-order valence-corrected chi connectivity index (χ3v) is 4.48. The number of hydrogen-bond donors (Lipinski definition) is 1. The molecule has 2 fully saturated rings. The van der Waals surface area contributed by atoms with Crippen molar-refractivity contribution in [2.45, 2.75) is 31.6 Å². The van der Waals surface area contributed by atoms with Crippen LogP contribution in [0.15, 0.2) is 0 Å². The van der Waals surface area contributed by atoms with Crippen molar-refractivity contribution in [2.24, 2.45) is 0 Å². The first kappa shape index (κ1) is 15.2. The van der Waals surface area contributed by atoms with Crippen molar-refractivity contribution in [3.8, 4) is 0 Å². The molecule has 0 amide bonds. The molecule has 0 aromatic carbocycles. The molecule has 5 nitrogen and oxygen atoms in total. The van der Waals surface area contributed by atoms with Gasteiger partial charge in [-0.2, -0.15) is 0 Å². The summed E-state index contributed by atoms with van der Waals surface area (Å²) in [4.78, 5) is 5.07. The first-order chi connectivity index (χ1) is 9.06. The molecular weight excluding hydrogens is 242 g/mol. The Morgan fingerprint density at radius 2 is 1.58 bits per heavy atom. The predicted octanol–water partition coefficient (Wildman–Crippen LogP) is 0.0158. The highest BCUT2D eigenvalue weighted by Gasteiger charge is 2.37. The number of rotatable bonds is 5. The van der Waals surface area contributed by atoms with Crippen LogP contribution < -0.4 is 5.32 Å². The second-order valence-corrected chi connectivity index (χ2v) is 6.29. The van der Waals surface area contributed by atoms with E-state index < -0.39 is 0 Å². The summed E-state index contributed by atoms with van der Waals surface area (Å²) in [6, 6.07) is 0. The van der Waals surface area contributed by atoms with Crippen molar-refractivity contribution < 1.29 is 9.47 Å². The third-order valence-electron chi connectivity index (χ3n) is 4.48. The Morgan fingerprint density at radius 1 is 1.05 bits per heavy atom. The van der Waals surface area contributed by atoms with Crippen molar-refractivity contribution in [1.29, 1.82) is 0 Å². The molecule has 2 aliphatic rings. The summed E-state index contributed by atoms with van der Waals surface area (Å²) in [7, 11) is 3.56. The van der Waals surface area contributed by atoms with Gasteiger partial charge in [0.15, 0.2) is 0 Å². The zero-order valence-electron chi connectivity index (χ0n) is 12.8. The van der Waals surface area contributed by atoms with Crippen LogP contribution in [0.3, 0.4) is 0 Å². The van der Waals surface area contributed by atoms with Gasteiger partial charge in [0.1, 0.15) is 0 Å². The Bertz CT molecular complexity index is 268. The molecule has 2 unspecified atom stereocenters. The number of piperazine rings is 1. The summed E-state index contributed by atoms with van der Waals surface area (Å²) >= 11 is 0. The monoisotopic (exact) mass is 271 g/mol. The summed E-state index contributed by atoms with van der Waals surface area (Å²) in [6.45, 7) is 12.2. The minimum atomic E-state index is 0.211. The number of ether oxygens (including phenoxy) is 2. The fraction of sp³-hybridized carbons (Fsp3) is 1.00. The quantitative estimate of drug-likeness (QED) is 0.763. The number of methoxy groups -OCH3 is 2. The van der Waals surface area contributed by atoms with Crippen LogP contribution in [0.5, 0.6) is 0 Å². The summed E-state index contributed by atoms with van der Waals surface area (Å²) in [5, 5.41) is 3.42. The van der Waals surface area contributed by atoms with E-state index in [1.54, 1.807) is 14.2 Å². The fourth-order valence-electron chi connectivity index (χ4n) is 3.32. The minimum Gasteiger partial charge on any atom is -0.377 e. The smallest absolute Gasteiger partial charge is 0.0971 e. The van der Waals surface area contributed by atoms with Gasteiger partial charge in [-0.05, 0) is 13.8 Å². The predicted molar refractivity (Wildman–Crippen MR) is 76.6 cm³/mol. The summed E-state index contributed by atoms with van der Waals surface area (Å²) in [5.41, 5.74) is 0.211. The number of nitrogens with one attached hydrogen (secondary N) is 1. The maximum Gasteiger partial charge on any atom is 0.0971 e. The van der Waals surface area contributed by atoms with Crippen LogP contribution in [0.25, 0.3) is 0 Å². The molecule has 1 N–H and O–H groups in total. The van der Waals surface area contributed by atoms with E-state index in [2.05, 4.69) is 29.0 Å². The van der Waals surface area contributed by atoms with Gasteiger partial charge in [0.2, 0.25) is 0 Å². The molecule has 0 saturated carbocycles. The molecule has 2 aliphatic heterocycles. The van der Waals surface area contributed by atoms with E-state index in [1.165, 1.54) is 0 Å². The van der Waals surface area contributed by atoms with Gasteiger partial charge >= 0.3 is 0 Å². The van der Waals surface area contributed by atoms with Gasteiger partial charge in [0.05, 0.1) is 12.2 Å². The average Bonchev–Trinajstić information content (AvgIpc) is 2.81. The summed E-state index contributed by atoms with van der Waals surface area (Å²) in [5.74, 6) is 0. The van der Waals surface area contributed by atoms with Crippen LogP contribution >= 0.6 is 0 Å². The van der Waals surface area contributed by atoms with Gasteiger partial charge in [-0.3, -0.25) is 9.80 Å². The van der Waals surface area contributed by atoms with Crippen LogP contribution in [-0.4, -0.2) is 87.6 Å². The molecule has 2 rings (SSSR count). The van der Waals surface area contributed by atoms with Crippen LogP contribution in [0.2, 0.25) is 0 Å². The second kappa shape index (κ2) is 6.50. The summed E-state index contributed by atoms with van der Waals surface area (Å²) in [6.07, 6.45) is 0.424. The molecule has 2 atom stereocenters. The van der Waals surface area contributed by atoms with E-state index in [-0.39, 0.29) is 17.7 Å². The Labute approximate surface area is 117 Å². The molecular formula is C14H29N3O2. The Morgan fingerprint density at radius 3 is 2.05 bits per heavy atom. The molecule has 19 heavy (non-hydrogen) atoms. The largest absolute Gasteiger partial charge is 0.377 e. The van der Waals surface area contributed by atoms with Gasteiger partial charge in [-0.25, -0.2) is 0 Å². The van der Waals surface area contributed by atoms with Gasteiger partial charge in [-0.15, -0.1) is 0 Å². The van der Waals surface area contributed by atoms with Gasteiger partial charge in [-0.1, -0.05) is 0 Å². The highest BCUT2D eigenvalue weighted by molar-refractivity contribution is 4.93. The molecule has 0 radical (unpaired) electrons. The van der Waals surface area contributed by atoms with Crippen molar-refractivity contribution >= 4 is 0 Å². The lowest BCUT2D eigenvalue weighted by Gasteiger charge is -2.43. The fourth-order valence-corrected chi connectivity index (χ4v) is 3.32. The van der Waals surface area contributed by atoms with E-state index in [0.29, 0.717) is 0 Å². The number of nitrogens with zero attached hydrogens (tertiary/aromatic N) is 2. The highest BCUT2D eigenvalue weighted by Crippen LogP contribution is 2.22. The van der Waals surface area contributed by atoms with Gasteiger partial charge in [0, 0.05) is 65.6 Å². The van der Waals surface area contributed by atoms with Crippen molar-refractivity contribution in [2.75, 3.05) is 60.0 Å². The lowest BCUT2D eigenvalue weighted by Crippen LogP contribution is -2.57. The van der Waals surface area contributed by atoms with Crippen LogP contribution in [0.4, 0.5) is 0 Å². The number of likely N-dealkylation sites (tertiary alicyclic amines) is 1.